The summed E-state index contributed by atoms with van der Waals surface area (Å²) < 4.78 is 0. The van der Waals surface area contributed by atoms with Gasteiger partial charge in [0.15, 0.2) is 0 Å². The van der Waals surface area contributed by atoms with Crippen LogP contribution in [0, 0.1) is 0 Å². The maximum Gasteiger partial charge on any atom is 0.219 e. The van der Waals surface area contributed by atoms with Gasteiger partial charge in [-0.3, -0.25) is 10.3 Å². The van der Waals surface area contributed by atoms with Crippen molar-refractivity contribution >= 4 is 16.5 Å². The smallest absolute Gasteiger partial charge is 0.219 e. The molecule has 1 aliphatic rings. The van der Waals surface area contributed by atoms with Gasteiger partial charge in [0, 0.05) is 6.04 Å². The fraction of sp³-hybridized carbons (Fsp3) is 0.778. The number of nitrogens with one attached hydrogen (secondary N) is 1. The number of anilines is 1. The average Bonchev–Trinajstić information content (AvgIpc) is 2.87. The summed E-state index contributed by atoms with van der Waals surface area (Å²) in [5.41, 5.74) is 2.52. The molecule has 0 aliphatic heterocycles. The van der Waals surface area contributed by atoms with E-state index in [9.17, 15) is 0 Å². The van der Waals surface area contributed by atoms with Gasteiger partial charge in [0.05, 0.1) is 6.54 Å². The van der Waals surface area contributed by atoms with Gasteiger partial charge in [0.1, 0.15) is 5.01 Å². The van der Waals surface area contributed by atoms with Gasteiger partial charge in [-0.05, 0) is 19.9 Å². The van der Waals surface area contributed by atoms with E-state index in [4.69, 9.17) is 5.84 Å². The summed E-state index contributed by atoms with van der Waals surface area (Å²) in [4.78, 5) is 2.37. The Kier molecular flexibility index (Phi) is 3.50. The maximum absolute atomic E-state index is 5.26. The number of aromatic nitrogens is 2. The summed E-state index contributed by atoms with van der Waals surface area (Å²) in [6.07, 6.45) is 5.36. The summed E-state index contributed by atoms with van der Waals surface area (Å²) in [5, 5.41) is 9.71. The van der Waals surface area contributed by atoms with E-state index in [-0.39, 0.29) is 0 Å². The molecular formula is C9H17N5S. The lowest BCUT2D eigenvalue weighted by Crippen LogP contribution is -2.28. The van der Waals surface area contributed by atoms with Gasteiger partial charge in [0.2, 0.25) is 5.13 Å². The Hall–Kier alpha value is -0.720. The topological polar surface area (TPSA) is 67.1 Å². The van der Waals surface area contributed by atoms with Gasteiger partial charge in [-0.1, -0.05) is 24.2 Å². The van der Waals surface area contributed by atoms with Crippen LogP contribution in [0.4, 0.5) is 5.13 Å². The molecule has 1 aliphatic carbocycles. The van der Waals surface area contributed by atoms with E-state index in [1.54, 1.807) is 0 Å². The molecule has 2 rings (SSSR count). The number of hydrogen-bond acceptors (Lipinski definition) is 6. The van der Waals surface area contributed by atoms with Crippen LogP contribution in [-0.2, 0) is 6.54 Å². The lowest BCUT2D eigenvalue weighted by atomic mass is 10.2. The number of rotatable bonds is 4. The van der Waals surface area contributed by atoms with Gasteiger partial charge in [0.25, 0.3) is 0 Å². The van der Waals surface area contributed by atoms with Crippen LogP contribution in [0.5, 0.6) is 0 Å². The summed E-state index contributed by atoms with van der Waals surface area (Å²) in [7, 11) is 2.16. The van der Waals surface area contributed by atoms with Gasteiger partial charge >= 0.3 is 0 Å². The van der Waals surface area contributed by atoms with Crippen LogP contribution in [0.1, 0.15) is 30.7 Å². The standard InChI is InChI=1S/C9H17N5S/c1-14(7-4-2-3-5-7)6-8-12-13-9(11-10)15-8/h7H,2-6,10H2,1H3,(H,11,13). The SMILES string of the molecule is CN(Cc1nnc(NN)s1)C1CCCC1. The lowest BCUT2D eigenvalue weighted by molar-refractivity contribution is 0.236. The van der Waals surface area contributed by atoms with Crippen molar-refractivity contribution in [2.75, 3.05) is 12.5 Å². The Labute approximate surface area is 93.6 Å². The molecule has 1 fully saturated rings. The van der Waals surface area contributed by atoms with Crippen molar-refractivity contribution in [3.05, 3.63) is 5.01 Å². The largest absolute Gasteiger partial charge is 0.298 e. The van der Waals surface area contributed by atoms with Crippen molar-refractivity contribution in [3.63, 3.8) is 0 Å². The van der Waals surface area contributed by atoms with Gasteiger partial charge < -0.3 is 0 Å². The predicted octanol–water partition coefficient (Wildman–Crippen LogP) is 1.20. The molecule has 0 amide bonds. The van der Waals surface area contributed by atoms with Crippen molar-refractivity contribution in [2.45, 2.75) is 38.3 Å². The number of hydrazine groups is 1. The minimum absolute atomic E-state index is 0.685. The number of hydrogen-bond donors (Lipinski definition) is 2. The first kappa shape index (κ1) is 10.8. The molecule has 0 unspecified atom stereocenters. The van der Waals surface area contributed by atoms with Crippen LogP contribution in [0.25, 0.3) is 0 Å². The molecule has 1 aromatic heterocycles. The third-order valence-electron chi connectivity index (χ3n) is 2.92. The first-order valence-electron chi connectivity index (χ1n) is 5.29. The van der Waals surface area contributed by atoms with Crippen LogP contribution >= 0.6 is 11.3 Å². The van der Waals surface area contributed by atoms with Crippen LogP contribution in [0.3, 0.4) is 0 Å². The van der Waals surface area contributed by atoms with Gasteiger partial charge in [-0.25, -0.2) is 5.84 Å². The average molecular weight is 227 g/mol. The predicted molar refractivity (Wildman–Crippen MR) is 61.4 cm³/mol. The molecule has 0 spiro atoms. The number of nitrogens with zero attached hydrogens (tertiary/aromatic N) is 3. The molecule has 0 radical (unpaired) electrons. The van der Waals surface area contributed by atoms with E-state index in [1.165, 1.54) is 37.0 Å². The Bertz CT molecular complexity index is 307. The van der Waals surface area contributed by atoms with Crippen LogP contribution in [0.15, 0.2) is 0 Å². The van der Waals surface area contributed by atoms with Crippen LogP contribution < -0.4 is 11.3 Å². The second-order valence-corrected chi connectivity index (χ2v) is 5.06. The molecule has 1 saturated carbocycles. The van der Waals surface area contributed by atoms with Gasteiger partial charge in [-0.15, -0.1) is 10.2 Å². The highest BCUT2D eigenvalue weighted by Gasteiger charge is 2.20. The van der Waals surface area contributed by atoms with Crippen LogP contribution in [-0.4, -0.2) is 28.2 Å². The van der Waals surface area contributed by atoms with Crippen molar-refractivity contribution in [3.8, 4) is 0 Å². The molecule has 0 aromatic carbocycles. The van der Waals surface area contributed by atoms with E-state index in [1.807, 2.05) is 0 Å². The normalized spacial score (nSPS) is 17.5. The van der Waals surface area contributed by atoms with Crippen molar-refractivity contribution in [1.82, 2.24) is 15.1 Å². The van der Waals surface area contributed by atoms with Crippen LogP contribution in [0.2, 0.25) is 0 Å². The summed E-state index contributed by atoms with van der Waals surface area (Å²) in [6.45, 7) is 0.879. The maximum atomic E-state index is 5.26. The summed E-state index contributed by atoms with van der Waals surface area (Å²) >= 11 is 1.52. The van der Waals surface area contributed by atoms with E-state index >= 15 is 0 Å². The highest BCUT2D eigenvalue weighted by Crippen LogP contribution is 2.24. The van der Waals surface area contributed by atoms with Crippen molar-refractivity contribution < 1.29 is 0 Å². The molecule has 6 heteroatoms. The Balaban J connectivity index is 1.89. The Morgan fingerprint density at radius 1 is 1.47 bits per heavy atom. The summed E-state index contributed by atoms with van der Waals surface area (Å²) in [6, 6.07) is 0.725. The van der Waals surface area contributed by atoms with E-state index in [2.05, 4.69) is 27.6 Å². The molecule has 1 aromatic rings. The third-order valence-corrected chi connectivity index (χ3v) is 3.76. The molecule has 3 N–H and O–H groups in total. The second-order valence-electron chi connectivity index (χ2n) is 4.00. The Morgan fingerprint density at radius 2 is 2.20 bits per heavy atom. The minimum Gasteiger partial charge on any atom is -0.298 e. The number of nitrogens with two attached hydrogens (primary N) is 1. The molecule has 15 heavy (non-hydrogen) atoms. The zero-order valence-electron chi connectivity index (χ0n) is 8.94. The first-order chi connectivity index (χ1) is 7.29. The number of nitrogen functional groups attached to an aromatic ring is 1. The third kappa shape index (κ3) is 2.64. The van der Waals surface area contributed by atoms with Crippen molar-refractivity contribution in [1.29, 1.82) is 0 Å². The minimum atomic E-state index is 0.685. The fourth-order valence-electron chi connectivity index (χ4n) is 2.06. The fourth-order valence-corrected chi connectivity index (χ4v) is 2.78. The zero-order valence-corrected chi connectivity index (χ0v) is 9.76. The van der Waals surface area contributed by atoms with E-state index in [0.717, 1.165) is 17.6 Å². The lowest BCUT2D eigenvalue weighted by Gasteiger charge is -2.22. The zero-order chi connectivity index (χ0) is 10.7. The second kappa shape index (κ2) is 4.87. The van der Waals surface area contributed by atoms with E-state index in [0.29, 0.717) is 5.13 Å². The highest BCUT2D eigenvalue weighted by atomic mass is 32.1. The summed E-state index contributed by atoms with van der Waals surface area (Å²) in [5.74, 6) is 5.26. The Morgan fingerprint density at radius 3 is 2.80 bits per heavy atom. The highest BCUT2D eigenvalue weighted by molar-refractivity contribution is 7.15. The molecule has 0 atom stereocenters. The molecule has 0 saturated heterocycles. The molecule has 1 heterocycles. The molecule has 84 valence electrons. The quantitative estimate of drug-likeness (QED) is 0.597. The van der Waals surface area contributed by atoms with Crippen molar-refractivity contribution in [2.24, 2.45) is 5.84 Å². The molecule has 0 bridgehead atoms. The van der Waals surface area contributed by atoms with E-state index < -0.39 is 0 Å². The molecule has 5 nitrogen and oxygen atoms in total. The first-order valence-corrected chi connectivity index (χ1v) is 6.10. The van der Waals surface area contributed by atoms with Gasteiger partial charge in [-0.2, -0.15) is 0 Å². The monoisotopic (exact) mass is 227 g/mol. The molecular weight excluding hydrogens is 210 g/mol.